The van der Waals surface area contributed by atoms with Gasteiger partial charge in [-0.25, -0.2) is 4.79 Å². The molecule has 0 bridgehead atoms. The summed E-state index contributed by atoms with van der Waals surface area (Å²) in [6.45, 7) is 4.28. The highest BCUT2D eigenvalue weighted by Crippen LogP contribution is 2.43. The summed E-state index contributed by atoms with van der Waals surface area (Å²) in [5.74, 6) is -0.825. The highest BCUT2D eigenvalue weighted by Gasteiger charge is 2.36. The predicted octanol–water partition coefficient (Wildman–Crippen LogP) is 1.45. The second kappa shape index (κ2) is 5.26. The SMILES string of the molecule is O=C(O)C1=CN2CC=Cc3cccc(c32)C1N1CCNCC1. The average Bonchev–Trinajstić information content (AvgIpc) is 2.56. The van der Waals surface area contributed by atoms with Crippen LogP contribution in [0.4, 0.5) is 5.69 Å². The van der Waals surface area contributed by atoms with Gasteiger partial charge in [0.2, 0.25) is 0 Å². The summed E-state index contributed by atoms with van der Waals surface area (Å²) in [6, 6.07) is 6.04. The van der Waals surface area contributed by atoms with Gasteiger partial charge >= 0.3 is 5.97 Å². The number of nitrogens with one attached hydrogen (secondary N) is 1. The quantitative estimate of drug-likeness (QED) is 0.865. The first-order chi connectivity index (χ1) is 10.8. The minimum atomic E-state index is -0.825. The van der Waals surface area contributed by atoms with E-state index in [1.807, 2.05) is 12.3 Å². The molecule has 1 atom stereocenters. The molecule has 0 amide bonds. The summed E-state index contributed by atoms with van der Waals surface area (Å²) in [6.07, 6.45) is 6.03. The van der Waals surface area contributed by atoms with Crippen LogP contribution in [0.15, 0.2) is 36.0 Å². The number of benzene rings is 1. The molecule has 114 valence electrons. The van der Waals surface area contributed by atoms with E-state index < -0.39 is 5.97 Å². The molecule has 0 saturated carbocycles. The van der Waals surface area contributed by atoms with Crippen LogP contribution in [-0.4, -0.2) is 48.7 Å². The van der Waals surface area contributed by atoms with E-state index >= 15 is 0 Å². The van der Waals surface area contributed by atoms with Crippen molar-refractivity contribution in [3.05, 3.63) is 47.2 Å². The van der Waals surface area contributed by atoms with Crippen molar-refractivity contribution < 1.29 is 9.90 Å². The maximum absolute atomic E-state index is 11.8. The molecule has 0 radical (unpaired) electrons. The molecule has 5 heteroatoms. The Bertz CT molecular complexity index is 674. The first-order valence-corrected chi connectivity index (χ1v) is 7.71. The van der Waals surface area contributed by atoms with Gasteiger partial charge in [-0.15, -0.1) is 0 Å². The molecule has 1 fully saturated rings. The Morgan fingerprint density at radius 3 is 2.86 bits per heavy atom. The highest BCUT2D eigenvalue weighted by molar-refractivity contribution is 5.92. The van der Waals surface area contributed by atoms with Crippen molar-refractivity contribution in [3.8, 4) is 0 Å². The Morgan fingerprint density at radius 2 is 2.09 bits per heavy atom. The summed E-state index contributed by atoms with van der Waals surface area (Å²) >= 11 is 0. The fraction of sp³-hybridized carbons (Fsp3) is 0.353. The fourth-order valence-electron chi connectivity index (χ4n) is 3.68. The lowest BCUT2D eigenvalue weighted by Gasteiger charge is -2.42. The lowest BCUT2D eigenvalue weighted by Crippen LogP contribution is -2.47. The lowest BCUT2D eigenvalue weighted by atomic mass is 9.88. The molecule has 3 aliphatic heterocycles. The van der Waals surface area contributed by atoms with Gasteiger partial charge in [-0.1, -0.05) is 30.4 Å². The lowest BCUT2D eigenvalue weighted by molar-refractivity contribution is -0.133. The topological polar surface area (TPSA) is 55.8 Å². The Morgan fingerprint density at radius 1 is 1.27 bits per heavy atom. The number of carboxylic acid groups (broad SMARTS) is 1. The van der Waals surface area contributed by atoms with Gasteiger partial charge in [0.15, 0.2) is 0 Å². The number of para-hydroxylation sites is 1. The van der Waals surface area contributed by atoms with E-state index in [0.29, 0.717) is 5.57 Å². The standard InChI is InChI=1S/C17H19N3O2/c21-17(22)14-11-20-8-2-4-12-3-1-5-13(15(12)20)16(14)19-9-6-18-7-10-19/h1-5,11,16,18H,6-10H2,(H,21,22). The zero-order valence-corrected chi connectivity index (χ0v) is 12.3. The number of nitrogens with zero attached hydrogens (tertiary/aromatic N) is 2. The molecule has 3 heterocycles. The average molecular weight is 297 g/mol. The summed E-state index contributed by atoms with van der Waals surface area (Å²) in [7, 11) is 0. The van der Waals surface area contributed by atoms with Crippen molar-refractivity contribution in [2.75, 3.05) is 37.6 Å². The van der Waals surface area contributed by atoms with Gasteiger partial charge in [0.05, 0.1) is 17.3 Å². The van der Waals surface area contributed by atoms with Crippen molar-refractivity contribution in [3.63, 3.8) is 0 Å². The van der Waals surface area contributed by atoms with Crippen molar-refractivity contribution >= 4 is 17.7 Å². The van der Waals surface area contributed by atoms with Crippen molar-refractivity contribution in [2.45, 2.75) is 6.04 Å². The second-order valence-corrected chi connectivity index (χ2v) is 5.92. The van der Waals surface area contributed by atoms with E-state index in [2.05, 4.69) is 39.4 Å². The van der Waals surface area contributed by atoms with Crippen LogP contribution >= 0.6 is 0 Å². The van der Waals surface area contributed by atoms with Crippen LogP contribution in [0.2, 0.25) is 0 Å². The molecule has 0 aromatic heterocycles. The molecule has 4 rings (SSSR count). The van der Waals surface area contributed by atoms with E-state index in [0.717, 1.165) is 38.3 Å². The van der Waals surface area contributed by atoms with Crippen molar-refractivity contribution in [2.24, 2.45) is 0 Å². The maximum Gasteiger partial charge on any atom is 0.335 e. The molecule has 0 aliphatic carbocycles. The van der Waals surface area contributed by atoms with Gasteiger partial charge in [0.1, 0.15) is 0 Å². The second-order valence-electron chi connectivity index (χ2n) is 5.92. The monoisotopic (exact) mass is 297 g/mol. The van der Waals surface area contributed by atoms with E-state index in [4.69, 9.17) is 0 Å². The molecule has 1 saturated heterocycles. The Balaban J connectivity index is 1.86. The van der Waals surface area contributed by atoms with Gasteiger partial charge in [-0.3, -0.25) is 4.90 Å². The van der Waals surface area contributed by atoms with Gasteiger partial charge in [0.25, 0.3) is 0 Å². The number of hydrogen-bond donors (Lipinski definition) is 2. The molecule has 1 aromatic rings. The van der Waals surface area contributed by atoms with Crippen LogP contribution in [-0.2, 0) is 4.79 Å². The molecule has 22 heavy (non-hydrogen) atoms. The summed E-state index contributed by atoms with van der Waals surface area (Å²) in [5.41, 5.74) is 3.92. The van der Waals surface area contributed by atoms with Gasteiger partial charge in [-0.2, -0.15) is 0 Å². The minimum Gasteiger partial charge on any atom is -0.478 e. The molecule has 1 unspecified atom stereocenters. The van der Waals surface area contributed by atoms with E-state index in [9.17, 15) is 9.90 Å². The zero-order valence-electron chi connectivity index (χ0n) is 12.3. The molecule has 0 spiro atoms. The zero-order chi connectivity index (χ0) is 15.1. The summed E-state index contributed by atoms with van der Waals surface area (Å²) < 4.78 is 0. The largest absolute Gasteiger partial charge is 0.478 e. The normalized spacial score (nSPS) is 23.9. The van der Waals surface area contributed by atoms with Gasteiger partial charge in [-0.05, 0) is 11.1 Å². The Labute approximate surface area is 129 Å². The predicted molar refractivity (Wildman–Crippen MR) is 85.7 cm³/mol. The minimum absolute atomic E-state index is 0.155. The van der Waals surface area contributed by atoms with E-state index in [1.54, 1.807) is 0 Å². The van der Waals surface area contributed by atoms with Gasteiger partial charge < -0.3 is 15.3 Å². The molecular weight excluding hydrogens is 278 g/mol. The van der Waals surface area contributed by atoms with Crippen LogP contribution in [0.3, 0.4) is 0 Å². The summed E-state index contributed by atoms with van der Waals surface area (Å²) in [5, 5.41) is 13.0. The molecule has 1 aromatic carbocycles. The molecule has 2 N–H and O–H groups in total. The number of hydrogen-bond acceptors (Lipinski definition) is 4. The fourth-order valence-corrected chi connectivity index (χ4v) is 3.68. The number of piperazine rings is 1. The van der Waals surface area contributed by atoms with Gasteiger partial charge in [0, 0.05) is 38.9 Å². The first-order valence-electron chi connectivity index (χ1n) is 7.71. The highest BCUT2D eigenvalue weighted by atomic mass is 16.4. The first kappa shape index (κ1) is 13.5. The van der Waals surface area contributed by atoms with E-state index in [1.165, 1.54) is 11.3 Å². The summed E-state index contributed by atoms with van der Waals surface area (Å²) in [4.78, 5) is 16.2. The van der Waals surface area contributed by atoms with Crippen LogP contribution in [0.5, 0.6) is 0 Å². The number of rotatable bonds is 2. The third kappa shape index (κ3) is 2.05. The molecule has 5 nitrogen and oxygen atoms in total. The third-order valence-electron chi connectivity index (χ3n) is 4.63. The maximum atomic E-state index is 11.8. The third-order valence-corrected chi connectivity index (χ3v) is 4.63. The smallest absolute Gasteiger partial charge is 0.335 e. The van der Waals surface area contributed by atoms with Crippen LogP contribution in [0, 0.1) is 0 Å². The Hall–Kier alpha value is -2.11. The molecular formula is C17H19N3O2. The number of carboxylic acids is 1. The van der Waals surface area contributed by atoms with Crippen LogP contribution in [0.25, 0.3) is 6.08 Å². The number of aliphatic carboxylic acids is 1. The van der Waals surface area contributed by atoms with Crippen LogP contribution in [0.1, 0.15) is 17.2 Å². The van der Waals surface area contributed by atoms with Crippen LogP contribution < -0.4 is 10.2 Å². The number of anilines is 1. The van der Waals surface area contributed by atoms with Crippen molar-refractivity contribution in [1.29, 1.82) is 0 Å². The van der Waals surface area contributed by atoms with E-state index in [-0.39, 0.29) is 6.04 Å². The number of carbonyl (C=O) groups is 1. The van der Waals surface area contributed by atoms with Crippen molar-refractivity contribution in [1.82, 2.24) is 10.2 Å². The molecule has 3 aliphatic rings. The Kier molecular flexibility index (Phi) is 3.24.